The molecule has 0 bridgehead atoms. The van der Waals surface area contributed by atoms with E-state index in [1.165, 1.54) is 0 Å². The Hall–Kier alpha value is -2.25. The van der Waals surface area contributed by atoms with Crippen molar-refractivity contribution in [1.29, 1.82) is 0 Å². The number of nitrogens with zero attached hydrogens (tertiary/aromatic N) is 4. The minimum Gasteiger partial charge on any atom is -0.487 e. The molecule has 1 fully saturated rings. The van der Waals surface area contributed by atoms with Gasteiger partial charge in [0.1, 0.15) is 27.9 Å². The quantitative estimate of drug-likeness (QED) is 0.702. The van der Waals surface area contributed by atoms with Crippen LogP contribution in [-0.2, 0) is 0 Å². The third kappa shape index (κ3) is 3.43. The average Bonchev–Trinajstić information content (AvgIpc) is 3.11. The van der Waals surface area contributed by atoms with Crippen LogP contribution in [0.3, 0.4) is 0 Å². The van der Waals surface area contributed by atoms with E-state index in [1.807, 2.05) is 11.0 Å². The van der Waals surface area contributed by atoms with Gasteiger partial charge in [-0.15, -0.1) is 0 Å². The van der Waals surface area contributed by atoms with Gasteiger partial charge in [0.05, 0.1) is 18.3 Å². The summed E-state index contributed by atoms with van der Waals surface area (Å²) in [6.45, 7) is 1.25. The van der Waals surface area contributed by atoms with Gasteiger partial charge in [-0.05, 0) is 31.0 Å². The number of ether oxygens (including phenoxy) is 1. The van der Waals surface area contributed by atoms with Crippen molar-refractivity contribution in [2.75, 3.05) is 13.1 Å². The number of benzene rings is 1. The van der Waals surface area contributed by atoms with Crippen LogP contribution in [-0.4, -0.2) is 43.7 Å². The maximum Gasteiger partial charge on any atom is 0.254 e. The van der Waals surface area contributed by atoms with E-state index in [4.69, 9.17) is 16.3 Å². The van der Waals surface area contributed by atoms with E-state index in [-0.39, 0.29) is 12.0 Å². The number of aromatic nitrogens is 3. The Morgan fingerprint density at radius 3 is 3.04 bits per heavy atom. The summed E-state index contributed by atoms with van der Waals surface area (Å²) < 4.78 is 14.3. The number of carbonyl (C=O) groups is 1. The van der Waals surface area contributed by atoms with E-state index in [9.17, 15) is 4.79 Å². The predicted molar refractivity (Wildman–Crippen MR) is 96.2 cm³/mol. The number of amides is 1. The van der Waals surface area contributed by atoms with Crippen LogP contribution < -0.4 is 4.74 Å². The molecule has 1 aliphatic rings. The minimum atomic E-state index is -0.0812. The molecule has 3 aromatic rings. The molecule has 8 heteroatoms. The van der Waals surface area contributed by atoms with Crippen molar-refractivity contribution in [3.05, 3.63) is 47.2 Å². The number of rotatable bonds is 3. The van der Waals surface area contributed by atoms with Gasteiger partial charge in [-0.25, -0.2) is 0 Å². The molecule has 0 N–H and O–H groups in total. The Labute approximate surface area is 153 Å². The fourth-order valence-electron chi connectivity index (χ4n) is 2.95. The summed E-state index contributed by atoms with van der Waals surface area (Å²) in [5.74, 6) is 0.593. The molecule has 1 aromatic carbocycles. The van der Waals surface area contributed by atoms with Gasteiger partial charge in [0.2, 0.25) is 0 Å². The van der Waals surface area contributed by atoms with Crippen LogP contribution in [0.5, 0.6) is 5.75 Å². The fraction of sp³-hybridized carbons (Fsp3) is 0.294. The Morgan fingerprint density at radius 2 is 2.16 bits per heavy atom. The van der Waals surface area contributed by atoms with E-state index in [0.29, 0.717) is 22.9 Å². The number of piperidine rings is 1. The zero-order valence-electron chi connectivity index (χ0n) is 13.3. The number of likely N-dealkylation sites (tertiary alicyclic amines) is 1. The molecule has 2 aromatic heterocycles. The Morgan fingerprint density at radius 1 is 1.28 bits per heavy atom. The van der Waals surface area contributed by atoms with Crippen LogP contribution in [0.2, 0.25) is 5.02 Å². The van der Waals surface area contributed by atoms with Gasteiger partial charge in [0, 0.05) is 30.6 Å². The van der Waals surface area contributed by atoms with Gasteiger partial charge >= 0.3 is 0 Å². The molecule has 1 aliphatic heterocycles. The maximum absolute atomic E-state index is 12.8. The lowest BCUT2D eigenvalue weighted by atomic mass is 10.1. The molecule has 0 aliphatic carbocycles. The summed E-state index contributed by atoms with van der Waals surface area (Å²) in [5, 5.41) is 0.479. The number of fused-ring (bicyclic) bond motifs is 1. The van der Waals surface area contributed by atoms with Crippen molar-refractivity contribution in [1.82, 2.24) is 18.6 Å². The van der Waals surface area contributed by atoms with Crippen molar-refractivity contribution in [2.45, 2.75) is 18.9 Å². The second kappa shape index (κ2) is 6.93. The highest BCUT2D eigenvalue weighted by Gasteiger charge is 2.26. The summed E-state index contributed by atoms with van der Waals surface area (Å²) in [5.41, 5.74) is 2.20. The van der Waals surface area contributed by atoms with Gasteiger partial charge in [-0.3, -0.25) is 9.78 Å². The predicted octanol–water partition coefficient (Wildman–Crippen LogP) is 3.42. The molecule has 3 heterocycles. The van der Waals surface area contributed by atoms with Gasteiger partial charge in [-0.1, -0.05) is 11.6 Å². The lowest BCUT2D eigenvalue weighted by Gasteiger charge is -2.33. The second-order valence-corrected chi connectivity index (χ2v) is 6.84. The Kier molecular flexibility index (Phi) is 4.50. The number of carbonyl (C=O) groups excluding carboxylic acids is 1. The molecule has 128 valence electrons. The van der Waals surface area contributed by atoms with Gasteiger partial charge in [0.25, 0.3) is 5.91 Å². The first kappa shape index (κ1) is 16.2. The van der Waals surface area contributed by atoms with E-state index < -0.39 is 0 Å². The molecule has 25 heavy (non-hydrogen) atoms. The largest absolute Gasteiger partial charge is 0.487 e. The fourth-order valence-corrected chi connectivity index (χ4v) is 3.64. The molecule has 1 unspecified atom stereocenters. The highest BCUT2D eigenvalue weighted by molar-refractivity contribution is 7.00. The van der Waals surface area contributed by atoms with Crippen molar-refractivity contribution in [3.63, 3.8) is 0 Å². The van der Waals surface area contributed by atoms with Gasteiger partial charge in [-0.2, -0.15) is 8.75 Å². The van der Waals surface area contributed by atoms with Crippen molar-refractivity contribution in [3.8, 4) is 5.75 Å². The van der Waals surface area contributed by atoms with Crippen LogP contribution in [0.25, 0.3) is 11.0 Å². The van der Waals surface area contributed by atoms with Crippen LogP contribution in [0.4, 0.5) is 0 Å². The molecule has 0 radical (unpaired) electrons. The van der Waals surface area contributed by atoms with Crippen molar-refractivity contribution >= 4 is 40.3 Å². The lowest BCUT2D eigenvalue weighted by molar-refractivity contribution is 0.0538. The van der Waals surface area contributed by atoms with Gasteiger partial charge < -0.3 is 9.64 Å². The highest BCUT2D eigenvalue weighted by Crippen LogP contribution is 2.26. The summed E-state index contributed by atoms with van der Waals surface area (Å²) in [7, 11) is 0. The first-order valence-corrected chi connectivity index (χ1v) is 9.09. The normalized spacial score (nSPS) is 17.6. The van der Waals surface area contributed by atoms with E-state index in [0.717, 1.165) is 42.1 Å². The summed E-state index contributed by atoms with van der Waals surface area (Å²) >= 11 is 7.25. The smallest absolute Gasteiger partial charge is 0.254 e. The standard InChI is InChI=1S/C17H15ClN4O2S/c18-13-9-19-6-5-16(13)24-12-2-1-7-22(10-12)17(23)11-3-4-14-15(8-11)21-25-20-14/h3-6,8-9,12H,1-2,7,10H2. The third-order valence-corrected chi connectivity index (χ3v) is 5.04. The first-order chi connectivity index (χ1) is 12.2. The lowest BCUT2D eigenvalue weighted by Crippen LogP contribution is -2.44. The third-order valence-electron chi connectivity index (χ3n) is 4.19. The van der Waals surface area contributed by atoms with Crippen LogP contribution >= 0.6 is 23.3 Å². The number of pyridine rings is 1. The molecular weight excluding hydrogens is 360 g/mol. The Bertz CT molecular complexity index is 916. The molecule has 4 rings (SSSR count). The molecule has 1 amide bonds. The minimum absolute atomic E-state index is 0.0102. The molecule has 1 atom stereocenters. The van der Waals surface area contributed by atoms with E-state index in [1.54, 1.807) is 30.6 Å². The molecule has 6 nitrogen and oxygen atoms in total. The summed E-state index contributed by atoms with van der Waals surface area (Å²) in [6, 6.07) is 7.18. The molecule has 0 saturated carbocycles. The second-order valence-electron chi connectivity index (χ2n) is 5.91. The van der Waals surface area contributed by atoms with Crippen molar-refractivity contribution < 1.29 is 9.53 Å². The number of hydrogen-bond acceptors (Lipinski definition) is 6. The molecule has 0 spiro atoms. The maximum atomic E-state index is 12.8. The summed E-state index contributed by atoms with van der Waals surface area (Å²) in [6.07, 6.45) is 4.89. The van der Waals surface area contributed by atoms with Crippen LogP contribution in [0, 0.1) is 0 Å². The van der Waals surface area contributed by atoms with Crippen LogP contribution in [0.1, 0.15) is 23.2 Å². The first-order valence-electron chi connectivity index (χ1n) is 7.98. The highest BCUT2D eigenvalue weighted by atomic mass is 35.5. The number of hydrogen-bond donors (Lipinski definition) is 0. The number of halogens is 1. The summed E-state index contributed by atoms with van der Waals surface area (Å²) in [4.78, 5) is 18.6. The topological polar surface area (TPSA) is 68.2 Å². The molecular formula is C17H15ClN4O2S. The van der Waals surface area contributed by atoms with E-state index in [2.05, 4.69) is 13.7 Å². The SMILES string of the molecule is O=C(c1ccc2nsnc2c1)N1CCCC(Oc2ccncc2Cl)C1. The van der Waals surface area contributed by atoms with Crippen molar-refractivity contribution in [2.24, 2.45) is 0 Å². The zero-order valence-corrected chi connectivity index (χ0v) is 14.8. The Balaban J connectivity index is 1.48. The molecule has 1 saturated heterocycles. The van der Waals surface area contributed by atoms with Gasteiger partial charge in [0.15, 0.2) is 0 Å². The monoisotopic (exact) mass is 374 g/mol. The average molecular weight is 375 g/mol. The van der Waals surface area contributed by atoms with E-state index >= 15 is 0 Å². The van der Waals surface area contributed by atoms with Crippen LogP contribution in [0.15, 0.2) is 36.7 Å². The zero-order chi connectivity index (χ0) is 17.2.